The Morgan fingerprint density at radius 1 is 1.19 bits per heavy atom. The number of amides is 1. The van der Waals surface area contributed by atoms with Gasteiger partial charge in [-0.1, -0.05) is 29.8 Å². The van der Waals surface area contributed by atoms with Gasteiger partial charge in [-0.2, -0.15) is 0 Å². The fraction of sp³-hybridized carbons (Fsp3) is 0.300. The molecule has 1 spiro atoms. The molecule has 0 N–H and O–H groups in total. The topological polar surface area (TPSA) is 55.8 Å². The molecule has 0 saturated carbocycles. The van der Waals surface area contributed by atoms with Gasteiger partial charge in [-0.3, -0.25) is 4.79 Å². The molecule has 2 aromatic carbocycles. The third-order valence-corrected chi connectivity index (χ3v) is 5.41. The Bertz CT molecular complexity index is 887. The summed E-state index contributed by atoms with van der Waals surface area (Å²) in [7, 11) is 1.53. The van der Waals surface area contributed by atoms with E-state index < -0.39 is 5.60 Å². The van der Waals surface area contributed by atoms with Gasteiger partial charge in [-0.15, -0.1) is 0 Å². The summed E-state index contributed by atoms with van der Waals surface area (Å²) < 4.78 is 11.0. The smallest absolute Gasteiger partial charge is 0.339 e. The predicted octanol–water partition coefficient (Wildman–Crippen LogP) is 3.65. The fourth-order valence-electron chi connectivity index (χ4n) is 3.81. The number of benzene rings is 2. The molecular formula is C20H18ClNO4. The number of halogens is 1. The second-order valence-electron chi connectivity index (χ2n) is 6.57. The summed E-state index contributed by atoms with van der Waals surface area (Å²) in [4.78, 5) is 26.8. The van der Waals surface area contributed by atoms with Gasteiger partial charge < -0.3 is 14.4 Å². The van der Waals surface area contributed by atoms with E-state index in [1.54, 1.807) is 29.2 Å². The standard InChI is InChI=1S/C20H18ClNO4/c1-25-17-7-6-13(21)12-15(17)18(23)22-10-8-20(9-11-22)16-5-3-2-4-14(16)19(24)26-20/h2-7,12H,8-11H2,1H3. The summed E-state index contributed by atoms with van der Waals surface area (Å²) in [5.41, 5.74) is 1.38. The zero-order valence-corrected chi connectivity index (χ0v) is 15.1. The maximum atomic E-state index is 12.9. The summed E-state index contributed by atoms with van der Waals surface area (Å²) in [6, 6.07) is 12.5. The number of fused-ring (bicyclic) bond motifs is 2. The Morgan fingerprint density at radius 3 is 2.65 bits per heavy atom. The Labute approximate surface area is 156 Å². The van der Waals surface area contributed by atoms with Gasteiger partial charge in [0.1, 0.15) is 11.4 Å². The van der Waals surface area contributed by atoms with Gasteiger partial charge in [-0.25, -0.2) is 4.79 Å². The largest absolute Gasteiger partial charge is 0.496 e. The van der Waals surface area contributed by atoms with E-state index in [1.165, 1.54) is 7.11 Å². The number of esters is 1. The predicted molar refractivity (Wildman–Crippen MR) is 96.7 cm³/mol. The maximum absolute atomic E-state index is 12.9. The highest BCUT2D eigenvalue weighted by atomic mass is 35.5. The second kappa shape index (κ2) is 6.32. The highest BCUT2D eigenvalue weighted by molar-refractivity contribution is 6.31. The lowest BCUT2D eigenvalue weighted by Gasteiger charge is -2.38. The fourth-order valence-corrected chi connectivity index (χ4v) is 3.98. The van der Waals surface area contributed by atoms with E-state index in [9.17, 15) is 9.59 Å². The van der Waals surface area contributed by atoms with Gasteiger partial charge in [0.05, 0.1) is 18.2 Å². The molecule has 6 heteroatoms. The summed E-state index contributed by atoms with van der Waals surface area (Å²) in [5.74, 6) is 0.0889. The van der Waals surface area contributed by atoms with Gasteiger partial charge >= 0.3 is 5.97 Å². The van der Waals surface area contributed by atoms with Gasteiger partial charge in [0.25, 0.3) is 5.91 Å². The Balaban J connectivity index is 1.56. The van der Waals surface area contributed by atoms with E-state index in [2.05, 4.69) is 0 Å². The third-order valence-electron chi connectivity index (χ3n) is 5.18. The van der Waals surface area contributed by atoms with Crippen LogP contribution < -0.4 is 4.74 Å². The Hall–Kier alpha value is -2.53. The molecule has 4 rings (SSSR count). The van der Waals surface area contributed by atoms with Crippen molar-refractivity contribution in [2.75, 3.05) is 20.2 Å². The lowest BCUT2D eigenvalue weighted by molar-refractivity contribution is -0.0389. The van der Waals surface area contributed by atoms with Crippen molar-refractivity contribution in [3.63, 3.8) is 0 Å². The van der Waals surface area contributed by atoms with Crippen molar-refractivity contribution < 1.29 is 19.1 Å². The van der Waals surface area contributed by atoms with Gasteiger partial charge in [0.15, 0.2) is 0 Å². The monoisotopic (exact) mass is 371 g/mol. The van der Waals surface area contributed by atoms with Crippen LogP contribution in [-0.2, 0) is 10.3 Å². The maximum Gasteiger partial charge on any atom is 0.339 e. The number of methoxy groups -OCH3 is 1. The van der Waals surface area contributed by atoms with Crippen molar-refractivity contribution in [2.24, 2.45) is 0 Å². The first-order valence-corrected chi connectivity index (χ1v) is 8.87. The molecule has 1 fully saturated rings. The number of hydrogen-bond donors (Lipinski definition) is 0. The molecular weight excluding hydrogens is 354 g/mol. The number of rotatable bonds is 2. The van der Waals surface area contributed by atoms with Crippen molar-refractivity contribution in [2.45, 2.75) is 18.4 Å². The minimum Gasteiger partial charge on any atom is -0.496 e. The number of hydrogen-bond acceptors (Lipinski definition) is 4. The van der Waals surface area contributed by atoms with E-state index in [0.717, 1.165) is 5.56 Å². The molecule has 0 radical (unpaired) electrons. The van der Waals surface area contributed by atoms with Crippen LogP contribution in [0.2, 0.25) is 5.02 Å². The molecule has 1 amide bonds. The number of ether oxygens (including phenoxy) is 2. The number of likely N-dealkylation sites (tertiary alicyclic amines) is 1. The van der Waals surface area contributed by atoms with Crippen molar-refractivity contribution >= 4 is 23.5 Å². The molecule has 2 aliphatic rings. The lowest BCUT2D eigenvalue weighted by Crippen LogP contribution is -2.45. The molecule has 2 aromatic rings. The number of carbonyl (C=O) groups is 2. The zero-order valence-electron chi connectivity index (χ0n) is 14.3. The van der Waals surface area contributed by atoms with Crippen molar-refractivity contribution in [3.8, 4) is 5.75 Å². The molecule has 0 aliphatic carbocycles. The molecule has 26 heavy (non-hydrogen) atoms. The molecule has 2 heterocycles. The van der Waals surface area contributed by atoms with E-state index in [4.69, 9.17) is 21.1 Å². The van der Waals surface area contributed by atoms with Crippen LogP contribution in [0.4, 0.5) is 0 Å². The minimum absolute atomic E-state index is 0.128. The zero-order chi connectivity index (χ0) is 18.3. The summed E-state index contributed by atoms with van der Waals surface area (Å²) in [6.07, 6.45) is 1.15. The van der Waals surface area contributed by atoms with Gasteiger partial charge in [0, 0.05) is 36.5 Å². The number of nitrogens with zero attached hydrogens (tertiary/aromatic N) is 1. The second-order valence-corrected chi connectivity index (χ2v) is 7.00. The highest BCUT2D eigenvalue weighted by Gasteiger charge is 2.47. The Morgan fingerprint density at radius 2 is 1.92 bits per heavy atom. The van der Waals surface area contributed by atoms with Crippen LogP contribution in [0.25, 0.3) is 0 Å². The molecule has 0 unspecified atom stereocenters. The van der Waals surface area contributed by atoms with E-state index in [-0.39, 0.29) is 11.9 Å². The first kappa shape index (κ1) is 16.9. The van der Waals surface area contributed by atoms with E-state index in [0.29, 0.717) is 47.8 Å². The van der Waals surface area contributed by atoms with Crippen LogP contribution >= 0.6 is 11.6 Å². The van der Waals surface area contributed by atoms with Crippen LogP contribution in [0.5, 0.6) is 5.75 Å². The quantitative estimate of drug-likeness (QED) is 0.756. The third kappa shape index (κ3) is 2.63. The molecule has 134 valence electrons. The summed E-state index contributed by atoms with van der Waals surface area (Å²) >= 11 is 6.04. The van der Waals surface area contributed by atoms with Gasteiger partial charge in [0.2, 0.25) is 0 Å². The van der Waals surface area contributed by atoms with Crippen LogP contribution in [0.15, 0.2) is 42.5 Å². The number of piperidine rings is 1. The number of carbonyl (C=O) groups excluding carboxylic acids is 2. The molecule has 2 aliphatic heterocycles. The van der Waals surface area contributed by atoms with E-state index in [1.807, 2.05) is 18.2 Å². The SMILES string of the molecule is COc1ccc(Cl)cc1C(=O)N1CCC2(CC1)OC(=O)c1ccccc12. The average Bonchev–Trinajstić information content (AvgIpc) is 2.94. The normalized spacial score (nSPS) is 17.8. The average molecular weight is 372 g/mol. The van der Waals surface area contributed by atoms with E-state index >= 15 is 0 Å². The highest BCUT2D eigenvalue weighted by Crippen LogP contribution is 2.44. The first-order valence-electron chi connectivity index (χ1n) is 8.50. The van der Waals surface area contributed by atoms with Crippen molar-refractivity contribution in [1.82, 2.24) is 4.90 Å². The van der Waals surface area contributed by atoms with Crippen LogP contribution in [0.1, 0.15) is 39.1 Å². The molecule has 5 nitrogen and oxygen atoms in total. The molecule has 0 bridgehead atoms. The first-order chi connectivity index (χ1) is 12.5. The minimum atomic E-state index is -0.622. The van der Waals surface area contributed by atoms with Crippen LogP contribution in [0.3, 0.4) is 0 Å². The van der Waals surface area contributed by atoms with Crippen LogP contribution in [-0.4, -0.2) is 37.0 Å². The lowest BCUT2D eigenvalue weighted by atomic mass is 9.83. The molecule has 1 saturated heterocycles. The molecule has 0 atom stereocenters. The summed E-state index contributed by atoms with van der Waals surface area (Å²) in [6.45, 7) is 0.992. The van der Waals surface area contributed by atoms with Gasteiger partial charge in [-0.05, 0) is 24.3 Å². The Kier molecular flexibility index (Phi) is 4.11. The molecule has 0 aromatic heterocycles. The summed E-state index contributed by atoms with van der Waals surface area (Å²) in [5, 5.41) is 0.487. The van der Waals surface area contributed by atoms with Crippen molar-refractivity contribution in [3.05, 3.63) is 64.2 Å². The van der Waals surface area contributed by atoms with Crippen molar-refractivity contribution in [1.29, 1.82) is 0 Å². The van der Waals surface area contributed by atoms with Crippen LogP contribution in [0, 0.1) is 0 Å².